The van der Waals surface area contributed by atoms with Gasteiger partial charge in [-0.05, 0) is 28.8 Å². The molecule has 3 aromatic carbocycles. The van der Waals surface area contributed by atoms with Crippen molar-refractivity contribution >= 4 is 22.6 Å². The molecule has 1 fully saturated rings. The normalized spacial score (nSPS) is 19.6. The van der Waals surface area contributed by atoms with Gasteiger partial charge in [0, 0.05) is 17.5 Å². The van der Waals surface area contributed by atoms with E-state index in [0.29, 0.717) is 28.7 Å². The van der Waals surface area contributed by atoms with Crippen LogP contribution in [0.2, 0.25) is 5.02 Å². The Bertz CT molecular complexity index is 1620. The van der Waals surface area contributed by atoms with Crippen LogP contribution in [0.15, 0.2) is 76.1 Å². The summed E-state index contributed by atoms with van der Waals surface area (Å²) in [6.45, 7) is 0.0188. The summed E-state index contributed by atoms with van der Waals surface area (Å²) in [7, 11) is 0. The second-order valence-electron chi connectivity index (χ2n) is 9.19. The molecular weight excluding hydrogens is 510 g/mol. The maximum Gasteiger partial charge on any atom is 0.416 e. The van der Waals surface area contributed by atoms with E-state index in [0.717, 1.165) is 33.3 Å². The highest BCUT2D eigenvalue weighted by Gasteiger charge is 2.31. The van der Waals surface area contributed by atoms with Gasteiger partial charge < -0.3 is 29.1 Å². The molecule has 0 amide bonds. The predicted octanol–water partition coefficient (Wildman–Crippen LogP) is 4.39. The average molecular weight is 534 g/mol. The van der Waals surface area contributed by atoms with Crippen molar-refractivity contribution in [2.24, 2.45) is 0 Å². The molecule has 0 aliphatic carbocycles. The summed E-state index contributed by atoms with van der Waals surface area (Å²) in [4.78, 5) is 21.4. The van der Waals surface area contributed by atoms with Crippen LogP contribution >= 0.6 is 11.6 Å². The lowest BCUT2D eigenvalue weighted by Crippen LogP contribution is -2.45. The third kappa shape index (κ3) is 4.84. The summed E-state index contributed by atoms with van der Waals surface area (Å²) in [5, 5.41) is 19.9. The second-order valence-corrected chi connectivity index (χ2v) is 9.59. The lowest BCUT2D eigenvalue weighted by molar-refractivity contribution is -0.131. The summed E-state index contributed by atoms with van der Waals surface area (Å²) in [5.74, 6) is 0.0135. The molecule has 5 aromatic rings. The number of hydrogen-bond donors (Lipinski definition) is 4. The fourth-order valence-corrected chi connectivity index (χ4v) is 4.90. The minimum absolute atomic E-state index is 0.234. The van der Waals surface area contributed by atoms with Gasteiger partial charge in [-0.3, -0.25) is 4.98 Å². The zero-order valence-corrected chi connectivity index (χ0v) is 20.8. The van der Waals surface area contributed by atoms with Crippen LogP contribution in [0, 0.1) is 0 Å². The van der Waals surface area contributed by atoms with Gasteiger partial charge >= 0.3 is 5.76 Å². The number of hydrogen-bond acceptors (Lipinski definition) is 7. The molecular formula is C28H24ClN3O6. The topological polar surface area (TPSA) is 134 Å². The fraction of sp³-hybridized carbons (Fsp3) is 0.214. The summed E-state index contributed by atoms with van der Waals surface area (Å²) in [6.07, 6.45) is 0.110. The first-order valence-electron chi connectivity index (χ1n) is 12.1. The van der Waals surface area contributed by atoms with Crippen molar-refractivity contribution in [2.45, 2.75) is 24.7 Å². The summed E-state index contributed by atoms with van der Waals surface area (Å²) in [6, 6.07) is 19.8. The number of nitrogens with zero attached hydrogens (tertiary/aromatic N) is 1. The molecule has 3 heterocycles. The van der Waals surface area contributed by atoms with Crippen LogP contribution in [-0.4, -0.2) is 56.7 Å². The molecule has 9 nitrogen and oxygen atoms in total. The van der Waals surface area contributed by atoms with Crippen molar-refractivity contribution in [1.82, 2.24) is 15.0 Å². The van der Waals surface area contributed by atoms with Gasteiger partial charge in [0.15, 0.2) is 5.76 Å². The minimum Gasteiger partial charge on any atom is -0.459 e. The van der Waals surface area contributed by atoms with E-state index in [2.05, 4.69) is 15.0 Å². The van der Waals surface area contributed by atoms with Crippen molar-refractivity contribution in [1.29, 1.82) is 0 Å². The molecule has 0 radical (unpaired) electrons. The highest BCUT2D eigenvalue weighted by atomic mass is 35.5. The van der Waals surface area contributed by atoms with Gasteiger partial charge in [0.2, 0.25) is 0 Å². The number of nitrogens with one attached hydrogen (secondary N) is 2. The van der Waals surface area contributed by atoms with E-state index < -0.39 is 18.0 Å². The van der Waals surface area contributed by atoms with Gasteiger partial charge in [0.25, 0.3) is 6.01 Å². The quantitative estimate of drug-likeness (QED) is 0.254. The number of aromatic amines is 2. The molecule has 0 bridgehead atoms. The number of benzene rings is 3. The van der Waals surface area contributed by atoms with Crippen LogP contribution in [-0.2, 0) is 4.74 Å². The Kier molecular flexibility index (Phi) is 6.50. The Morgan fingerprint density at radius 2 is 1.71 bits per heavy atom. The number of halogens is 1. The number of oxazole rings is 1. The monoisotopic (exact) mass is 533 g/mol. The van der Waals surface area contributed by atoms with E-state index in [1.165, 1.54) is 0 Å². The summed E-state index contributed by atoms with van der Waals surface area (Å²) >= 11 is 6.63. The minimum atomic E-state index is -0.799. The van der Waals surface area contributed by atoms with E-state index in [4.69, 9.17) is 25.5 Å². The van der Waals surface area contributed by atoms with E-state index in [9.17, 15) is 15.0 Å². The Morgan fingerprint density at radius 1 is 1.03 bits per heavy atom. The van der Waals surface area contributed by atoms with E-state index in [1.807, 2.05) is 60.7 Å². The molecule has 1 aliphatic heterocycles. The lowest BCUT2D eigenvalue weighted by Gasteiger charge is -2.31. The lowest BCUT2D eigenvalue weighted by atomic mass is 9.99. The number of rotatable bonds is 6. The van der Waals surface area contributed by atoms with Crippen LogP contribution in [0.5, 0.6) is 6.01 Å². The van der Waals surface area contributed by atoms with E-state index in [-0.39, 0.29) is 19.3 Å². The molecule has 3 atom stereocenters. The maximum atomic E-state index is 11.2. The first-order valence-corrected chi connectivity index (χ1v) is 12.5. The van der Waals surface area contributed by atoms with Gasteiger partial charge in [-0.1, -0.05) is 60.1 Å². The van der Waals surface area contributed by atoms with Crippen molar-refractivity contribution in [3.05, 3.63) is 82.4 Å². The molecule has 6 rings (SSSR count). The van der Waals surface area contributed by atoms with Gasteiger partial charge in [-0.15, -0.1) is 0 Å². The molecule has 194 valence electrons. The molecule has 1 saturated heterocycles. The van der Waals surface area contributed by atoms with Crippen LogP contribution < -0.4 is 10.5 Å². The second kappa shape index (κ2) is 10.1. The highest BCUT2D eigenvalue weighted by molar-refractivity contribution is 6.34. The first kappa shape index (κ1) is 24.4. The zero-order valence-electron chi connectivity index (χ0n) is 20.1. The van der Waals surface area contributed by atoms with Crippen molar-refractivity contribution in [2.75, 3.05) is 13.2 Å². The molecule has 2 aromatic heterocycles. The molecule has 0 unspecified atom stereocenters. The molecule has 4 N–H and O–H groups in total. The molecule has 10 heteroatoms. The van der Waals surface area contributed by atoms with Crippen molar-refractivity contribution in [3.8, 4) is 39.6 Å². The maximum absolute atomic E-state index is 11.2. The van der Waals surface area contributed by atoms with E-state index in [1.54, 1.807) is 6.20 Å². The molecule has 38 heavy (non-hydrogen) atoms. The van der Waals surface area contributed by atoms with Gasteiger partial charge in [-0.2, -0.15) is 4.98 Å². The smallest absolute Gasteiger partial charge is 0.416 e. The SMILES string of the molecule is O=c1[nH]cc(-c2ccc(-c3ccc(-c4cc5nc(O[C@H]6CO[C@H](CO)[C@@H](O)C6)[nH]c5cc4Cl)cc3)cc2)o1. The Hall–Kier alpha value is -3.89. The van der Waals surface area contributed by atoms with Crippen molar-refractivity contribution in [3.63, 3.8) is 0 Å². The zero-order chi connectivity index (χ0) is 26.2. The van der Waals surface area contributed by atoms with Crippen LogP contribution in [0.25, 0.3) is 44.6 Å². The molecule has 1 aliphatic rings. The third-order valence-corrected chi connectivity index (χ3v) is 6.97. The van der Waals surface area contributed by atoms with Gasteiger partial charge in [-0.25, -0.2) is 4.79 Å². The number of fused-ring (bicyclic) bond motifs is 1. The average Bonchev–Trinajstić information content (AvgIpc) is 3.53. The molecule has 0 saturated carbocycles. The molecule has 0 spiro atoms. The Balaban J connectivity index is 1.20. The first-order chi connectivity index (χ1) is 18.5. The van der Waals surface area contributed by atoms with Gasteiger partial charge in [0.05, 0.1) is 41.6 Å². The Morgan fingerprint density at radius 3 is 2.34 bits per heavy atom. The van der Waals surface area contributed by atoms with Crippen LogP contribution in [0.4, 0.5) is 0 Å². The van der Waals surface area contributed by atoms with E-state index >= 15 is 0 Å². The standard InChI is InChI=1S/C28H24ClN3O6/c29-21-11-23-22(31-27(32-23)37-19-9-24(34)26(13-33)36-14-19)10-20(21)17-5-1-15(2-6-17)16-3-7-18(8-4-16)25-12-30-28(35)38-25/h1-8,10-12,19,24,26,33-34H,9,13-14H2,(H,30,35)(H,31,32)/t19-,24+,26-/m1/s1. The number of aromatic nitrogens is 3. The van der Waals surface area contributed by atoms with Crippen LogP contribution in [0.3, 0.4) is 0 Å². The fourth-order valence-electron chi connectivity index (χ4n) is 4.62. The number of H-pyrrole nitrogens is 2. The predicted molar refractivity (Wildman–Crippen MR) is 142 cm³/mol. The van der Waals surface area contributed by atoms with Gasteiger partial charge in [0.1, 0.15) is 12.2 Å². The third-order valence-electron chi connectivity index (χ3n) is 6.66. The van der Waals surface area contributed by atoms with Crippen molar-refractivity contribution < 1.29 is 24.1 Å². The number of ether oxygens (including phenoxy) is 2. The Labute approximate surface area is 221 Å². The summed E-state index contributed by atoms with van der Waals surface area (Å²) < 4.78 is 16.5. The summed E-state index contributed by atoms with van der Waals surface area (Å²) in [5.41, 5.74) is 6.07. The number of imidazole rings is 1. The number of aliphatic hydroxyl groups excluding tert-OH is 2. The highest BCUT2D eigenvalue weighted by Crippen LogP contribution is 2.34. The largest absolute Gasteiger partial charge is 0.459 e. The van der Waals surface area contributed by atoms with Crippen LogP contribution in [0.1, 0.15) is 6.42 Å². The number of aliphatic hydroxyl groups is 2.